The summed E-state index contributed by atoms with van der Waals surface area (Å²) in [5.74, 6) is -0.286. The normalized spacial score (nSPS) is 31.3. The van der Waals surface area contributed by atoms with Crippen molar-refractivity contribution < 1.29 is 28.2 Å². The van der Waals surface area contributed by atoms with E-state index in [0.29, 0.717) is 32.4 Å². The molecular weight excluding hydrogens is 324 g/mol. The molecule has 0 aromatic heterocycles. The zero-order valence-corrected chi connectivity index (χ0v) is 14.2. The highest BCUT2D eigenvalue weighted by Gasteiger charge is 2.48. The number of piperidine rings is 1. The summed E-state index contributed by atoms with van der Waals surface area (Å²) in [6.07, 6.45) is 1.01. The summed E-state index contributed by atoms with van der Waals surface area (Å²) >= 11 is 0. The van der Waals surface area contributed by atoms with Gasteiger partial charge in [0.15, 0.2) is 0 Å². The molecule has 2 saturated heterocycles. The average Bonchev–Trinajstić information content (AvgIpc) is 2.42. The molecule has 1 amide bonds. The summed E-state index contributed by atoms with van der Waals surface area (Å²) in [4.78, 5) is 13.8. The zero-order chi connectivity index (χ0) is 17.3. The SMILES string of the molecule is C[C@]1(O)CC2(CCN(C(=O)CCCS(N)(=O)=O)CC2)OC[C@@H]1O. The average molecular weight is 350 g/mol. The second-order valence-corrected chi connectivity index (χ2v) is 8.63. The van der Waals surface area contributed by atoms with Crippen LogP contribution >= 0.6 is 0 Å². The minimum absolute atomic E-state index is 0.0916. The number of carbonyl (C=O) groups is 1. The Morgan fingerprint density at radius 3 is 2.52 bits per heavy atom. The molecule has 0 bridgehead atoms. The predicted molar refractivity (Wildman–Crippen MR) is 83.0 cm³/mol. The highest BCUT2D eigenvalue weighted by Crippen LogP contribution is 2.39. The van der Waals surface area contributed by atoms with Crippen LogP contribution < -0.4 is 5.14 Å². The second-order valence-electron chi connectivity index (χ2n) is 6.90. The first-order chi connectivity index (χ1) is 10.5. The van der Waals surface area contributed by atoms with Crippen LogP contribution in [0.5, 0.6) is 0 Å². The molecule has 1 spiro atoms. The van der Waals surface area contributed by atoms with Gasteiger partial charge >= 0.3 is 0 Å². The van der Waals surface area contributed by atoms with Crippen molar-refractivity contribution in [1.29, 1.82) is 0 Å². The maximum atomic E-state index is 12.1. The number of primary sulfonamides is 1. The van der Waals surface area contributed by atoms with Gasteiger partial charge in [0, 0.05) is 25.9 Å². The van der Waals surface area contributed by atoms with E-state index >= 15 is 0 Å². The summed E-state index contributed by atoms with van der Waals surface area (Å²) in [6.45, 7) is 2.70. The van der Waals surface area contributed by atoms with Gasteiger partial charge in [-0.3, -0.25) is 4.79 Å². The lowest BCUT2D eigenvalue weighted by atomic mass is 9.76. The number of amides is 1. The number of hydrogen-bond acceptors (Lipinski definition) is 6. The lowest BCUT2D eigenvalue weighted by molar-refractivity contribution is -0.222. The second kappa shape index (κ2) is 6.64. The fourth-order valence-electron chi connectivity index (χ4n) is 3.32. The Labute approximate surface area is 136 Å². The molecule has 0 aromatic rings. The van der Waals surface area contributed by atoms with E-state index in [0.717, 1.165) is 0 Å². The van der Waals surface area contributed by atoms with Crippen LogP contribution in [0.3, 0.4) is 0 Å². The molecule has 0 unspecified atom stereocenters. The van der Waals surface area contributed by atoms with E-state index in [-0.39, 0.29) is 31.1 Å². The Bertz CT molecular complexity index is 539. The zero-order valence-electron chi connectivity index (χ0n) is 13.4. The van der Waals surface area contributed by atoms with E-state index in [1.165, 1.54) is 0 Å². The van der Waals surface area contributed by atoms with Gasteiger partial charge in [0.2, 0.25) is 15.9 Å². The van der Waals surface area contributed by atoms with Crippen LogP contribution in [0.2, 0.25) is 0 Å². The molecule has 23 heavy (non-hydrogen) atoms. The fourth-order valence-corrected chi connectivity index (χ4v) is 3.87. The van der Waals surface area contributed by atoms with Crippen LogP contribution in [-0.2, 0) is 19.6 Å². The molecule has 2 fully saturated rings. The molecule has 0 aliphatic carbocycles. The molecule has 0 radical (unpaired) electrons. The van der Waals surface area contributed by atoms with E-state index in [2.05, 4.69) is 0 Å². The van der Waals surface area contributed by atoms with Crippen LogP contribution in [0.15, 0.2) is 0 Å². The van der Waals surface area contributed by atoms with E-state index in [1.807, 2.05) is 0 Å². The van der Waals surface area contributed by atoms with Crippen molar-refractivity contribution in [3.63, 3.8) is 0 Å². The van der Waals surface area contributed by atoms with Gasteiger partial charge in [0.05, 0.1) is 23.6 Å². The molecule has 8 nitrogen and oxygen atoms in total. The van der Waals surface area contributed by atoms with Gasteiger partial charge in [-0.15, -0.1) is 0 Å². The van der Waals surface area contributed by atoms with Gasteiger partial charge in [-0.05, 0) is 26.2 Å². The van der Waals surface area contributed by atoms with E-state index in [1.54, 1.807) is 11.8 Å². The van der Waals surface area contributed by atoms with Crippen molar-refractivity contribution in [2.75, 3.05) is 25.4 Å². The van der Waals surface area contributed by atoms with Gasteiger partial charge in [-0.1, -0.05) is 0 Å². The molecule has 2 aliphatic rings. The van der Waals surface area contributed by atoms with Crippen LogP contribution in [0.25, 0.3) is 0 Å². The summed E-state index contributed by atoms with van der Waals surface area (Å²) in [5.41, 5.74) is -1.68. The molecule has 134 valence electrons. The van der Waals surface area contributed by atoms with E-state index in [9.17, 15) is 23.4 Å². The third kappa shape index (κ3) is 4.87. The van der Waals surface area contributed by atoms with Crippen LogP contribution in [0.1, 0.15) is 39.0 Å². The Hall–Kier alpha value is -0.740. The lowest BCUT2D eigenvalue weighted by Crippen LogP contribution is -2.59. The molecule has 0 aromatic carbocycles. The number of hydrogen-bond donors (Lipinski definition) is 3. The monoisotopic (exact) mass is 350 g/mol. The molecule has 0 saturated carbocycles. The molecule has 2 heterocycles. The van der Waals surface area contributed by atoms with Gasteiger partial charge < -0.3 is 19.8 Å². The van der Waals surface area contributed by atoms with Crippen LogP contribution in [0, 0.1) is 0 Å². The van der Waals surface area contributed by atoms with Gasteiger partial charge in [0.25, 0.3) is 0 Å². The summed E-state index contributed by atoms with van der Waals surface area (Å²) in [7, 11) is -3.53. The van der Waals surface area contributed by atoms with Crippen molar-refractivity contribution in [2.45, 2.75) is 56.3 Å². The number of carbonyl (C=O) groups excluding carboxylic acids is 1. The predicted octanol–water partition coefficient (Wildman–Crippen LogP) is -1.05. The molecular formula is C14H26N2O6S. The van der Waals surface area contributed by atoms with Crippen LogP contribution in [0.4, 0.5) is 0 Å². The number of nitrogens with two attached hydrogens (primary N) is 1. The Morgan fingerprint density at radius 1 is 1.39 bits per heavy atom. The first-order valence-corrected chi connectivity index (χ1v) is 9.57. The van der Waals surface area contributed by atoms with Crippen molar-refractivity contribution in [1.82, 2.24) is 4.90 Å². The largest absolute Gasteiger partial charge is 0.388 e. The smallest absolute Gasteiger partial charge is 0.222 e. The quantitative estimate of drug-likeness (QED) is 0.593. The lowest BCUT2D eigenvalue weighted by Gasteiger charge is -2.49. The number of ether oxygens (including phenoxy) is 1. The van der Waals surface area contributed by atoms with Crippen molar-refractivity contribution in [2.24, 2.45) is 5.14 Å². The number of rotatable bonds is 4. The third-order valence-electron chi connectivity index (χ3n) is 4.79. The van der Waals surface area contributed by atoms with Crippen molar-refractivity contribution >= 4 is 15.9 Å². The molecule has 4 N–H and O–H groups in total. The maximum Gasteiger partial charge on any atom is 0.222 e. The fraction of sp³-hybridized carbons (Fsp3) is 0.929. The van der Waals surface area contributed by atoms with Crippen molar-refractivity contribution in [3.05, 3.63) is 0 Å². The minimum Gasteiger partial charge on any atom is -0.388 e. The van der Waals surface area contributed by atoms with Crippen LogP contribution in [-0.4, -0.2) is 72.2 Å². The molecule has 2 rings (SSSR count). The molecule has 9 heteroatoms. The van der Waals surface area contributed by atoms with Gasteiger partial charge in [-0.25, -0.2) is 13.6 Å². The third-order valence-corrected chi connectivity index (χ3v) is 5.65. The standard InChI is InChI=1S/C14H26N2O6S/c1-13(19)10-14(22-9-11(13)17)4-6-16(7-5-14)12(18)3-2-8-23(15,20)21/h11,17,19H,2-10H2,1H3,(H2,15,20,21)/t11-,13-/m0/s1. The first-order valence-electron chi connectivity index (χ1n) is 7.86. The number of likely N-dealkylation sites (tertiary alicyclic amines) is 1. The maximum absolute atomic E-state index is 12.1. The number of aliphatic hydroxyl groups is 2. The first kappa shape index (κ1) is 18.6. The Balaban J connectivity index is 1.83. The van der Waals surface area contributed by atoms with E-state index < -0.39 is 27.3 Å². The Morgan fingerprint density at radius 2 is 2.00 bits per heavy atom. The van der Waals surface area contributed by atoms with Gasteiger partial charge in [-0.2, -0.15) is 0 Å². The molecule has 2 atom stereocenters. The van der Waals surface area contributed by atoms with E-state index in [4.69, 9.17) is 9.88 Å². The van der Waals surface area contributed by atoms with Gasteiger partial charge in [0.1, 0.15) is 6.10 Å². The summed E-state index contributed by atoms with van der Waals surface area (Å²) < 4.78 is 27.5. The number of sulfonamides is 1. The number of aliphatic hydroxyl groups excluding tert-OH is 1. The minimum atomic E-state index is -3.53. The van der Waals surface area contributed by atoms with Crippen molar-refractivity contribution in [3.8, 4) is 0 Å². The highest BCUT2D eigenvalue weighted by atomic mass is 32.2. The Kier molecular flexibility index (Phi) is 5.37. The summed E-state index contributed by atoms with van der Waals surface area (Å²) in [5, 5.41) is 24.9. The highest BCUT2D eigenvalue weighted by molar-refractivity contribution is 7.89. The molecule has 2 aliphatic heterocycles. The number of nitrogens with zero attached hydrogens (tertiary/aromatic N) is 1. The topological polar surface area (TPSA) is 130 Å². The summed E-state index contributed by atoms with van der Waals surface area (Å²) in [6, 6.07) is 0.